The van der Waals surface area contributed by atoms with Crippen molar-refractivity contribution in [3.8, 4) is 5.75 Å². The quantitative estimate of drug-likeness (QED) is 0.755. The van der Waals surface area contributed by atoms with Crippen LogP contribution in [-0.4, -0.2) is 19.6 Å². The van der Waals surface area contributed by atoms with Gasteiger partial charge in [0.25, 0.3) is 0 Å². The van der Waals surface area contributed by atoms with Crippen LogP contribution in [0.15, 0.2) is 48.5 Å². The number of nitrogens with one attached hydrogen (secondary N) is 1. The van der Waals surface area contributed by atoms with Gasteiger partial charge in [0.05, 0.1) is 12.7 Å². The van der Waals surface area contributed by atoms with Gasteiger partial charge in [-0.05, 0) is 29.7 Å². The van der Waals surface area contributed by atoms with Gasteiger partial charge in [-0.3, -0.25) is 4.79 Å². The minimum Gasteiger partial charge on any atom is -0.496 e. The number of benzene rings is 2. The maximum Gasteiger partial charge on any atom is 0.416 e. The zero-order valence-electron chi connectivity index (χ0n) is 15.7. The summed E-state index contributed by atoms with van der Waals surface area (Å²) in [5, 5.41) is 2.83. The molecule has 2 aromatic carbocycles. The molecule has 3 nitrogen and oxygen atoms in total. The standard InChI is InChI=1S/C21H24F3NO2/c1-20(2,16-8-6-9-17(13-16)21(22,23)24)14-25-19(26)12-11-15-7-4-5-10-18(15)27-3/h4-10,13H,11-12,14H2,1-3H3,(H,25,26). The fourth-order valence-electron chi connectivity index (χ4n) is 2.78. The van der Waals surface area contributed by atoms with Gasteiger partial charge in [-0.15, -0.1) is 0 Å². The average molecular weight is 379 g/mol. The SMILES string of the molecule is COc1ccccc1CCC(=O)NCC(C)(C)c1cccc(C(F)(F)F)c1. The number of methoxy groups -OCH3 is 1. The predicted octanol–water partition coefficient (Wildman–Crippen LogP) is 4.74. The zero-order chi connectivity index (χ0) is 20.1. The van der Waals surface area contributed by atoms with Crippen LogP contribution in [-0.2, 0) is 22.8 Å². The Hall–Kier alpha value is -2.50. The van der Waals surface area contributed by atoms with Gasteiger partial charge in [-0.25, -0.2) is 0 Å². The molecule has 1 amide bonds. The highest BCUT2D eigenvalue weighted by Gasteiger charge is 2.32. The van der Waals surface area contributed by atoms with E-state index < -0.39 is 17.2 Å². The summed E-state index contributed by atoms with van der Waals surface area (Å²) in [5.74, 6) is 0.579. The summed E-state index contributed by atoms with van der Waals surface area (Å²) in [5.41, 5.74) is 0.159. The molecule has 146 valence electrons. The fourth-order valence-corrected chi connectivity index (χ4v) is 2.78. The van der Waals surface area contributed by atoms with Crippen molar-refractivity contribution >= 4 is 5.91 Å². The molecule has 2 aromatic rings. The van der Waals surface area contributed by atoms with Gasteiger partial charge in [0.2, 0.25) is 5.91 Å². The number of carbonyl (C=O) groups is 1. The third kappa shape index (κ3) is 5.74. The van der Waals surface area contributed by atoms with Crippen molar-refractivity contribution < 1.29 is 22.7 Å². The van der Waals surface area contributed by atoms with E-state index in [2.05, 4.69) is 5.32 Å². The lowest BCUT2D eigenvalue weighted by molar-refractivity contribution is -0.137. The lowest BCUT2D eigenvalue weighted by atomic mass is 9.83. The van der Waals surface area contributed by atoms with Crippen LogP contribution < -0.4 is 10.1 Å². The smallest absolute Gasteiger partial charge is 0.416 e. The molecule has 0 saturated carbocycles. The Bertz CT molecular complexity index is 785. The Balaban J connectivity index is 1.95. The maximum absolute atomic E-state index is 12.9. The topological polar surface area (TPSA) is 38.3 Å². The monoisotopic (exact) mass is 379 g/mol. The molecule has 0 unspecified atom stereocenters. The van der Waals surface area contributed by atoms with Crippen LogP contribution in [0, 0.1) is 0 Å². The molecule has 0 heterocycles. The number of alkyl halides is 3. The normalized spacial score (nSPS) is 11.9. The highest BCUT2D eigenvalue weighted by atomic mass is 19.4. The molecule has 0 radical (unpaired) electrons. The van der Waals surface area contributed by atoms with Crippen molar-refractivity contribution in [2.45, 2.75) is 38.3 Å². The Morgan fingerprint density at radius 3 is 2.37 bits per heavy atom. The molecule has 0 bridgehead atoms. The summed E-state index contributed by atoms with van der Waals surface area (Å²) in [6.45, 7) is 3.87. The van der Waals surface area contributed by atoms with Crippen molar-refractivity contribution in [2.75, 3.05) is 13.7 Å². The van der Waals surface area contributed by atoms with E-state index in [-0.39, 0.29) is 18.9 Å². The number of amides is 1. The number of carbonyl (C=O) groups excluding carboxylic acids is 1. The first-order valence-corrected chi connectivity index (χ1v) is 8.70. The molecule has 0 aliphatic heterocycles. The van der Waals surface area contributed by atoms with Gasteiger partial charge in [0.15, 0.2) is 0 Å². The van der Waals surface area contributed by atoms with Crippen molar-refractivity contribution in [2.24, 2.45) is 0 Å². The van der Waals surface area contributed by atoms with E-state index in [1.54, 1.807) is 13.2 Å². The van der Waals surface area contributed by atoms with Gasteiger partial charge in [-0.2, -0.15) is 13.2 Å². The van der Waals surface area contributed by atoms with Crippen LogP contribution in [0.4, 0.5) is 13.2 Å². The second-order valence-corrected chi connectivity index (χ2v) is 7.05. The second-order valence-electron chi connectivity index (χ2n) is 7.05. The maximum atomic E-state index is 12.9. The van der Waals surface area contributed by atoms with E-state index in [9.17, 15) is 18.0 Å². The van der Waals surface area contributed by atoms with Gasteiger partial charge in [0, 0.05) is 18.4 Å². The Labute approximate surface area is 157 Å². The molecule has 0 saturated heterocycles. The van der Waals surface area contributed by atoms with Crippen LogP contribution in [0.25, 0.3) is 0 Å². The lowest BCUT2D eigenvalue weighted by Gasteiger charge is -2.26. The molecule has 1 N–H and O–H groups in total. The number of halogens is 3. The van der Waals surface area contributed by atoms with E-state index in [1.165, 1.54) is 6.07 Å². The summed E-state index contributed by atoms with van der Waals surface area (Å²) in [6.07, 6.45) is -3.58. The molecule has 2 rings (SSSR count). The van der Waals surface area contributed by atoms with Gasteiger partial charge in [-0.1, -0.05) is 50.2 Å². The Kier molecular flexibility index (Phi) is 6.52. The number of aryl methyl sites for hydroxylation is 1. The van der Waals surface area contributed by atoms with Crippen LogP contribution >= 0.6 is 0 Å². The first kappa shape index (κ1) is 20.8. The van der Waals surface area contributed by atoms with E-state index in [1.807, 2.05) is 38.1 Å². The molecule has 0 spiro atoms. The predicted molar refractivity (Wildman–Crippen MR) is 98.8 cm³/mol. The lowest BCUT2D eigenvalue weighted by Crippen LogP contribution is -2.37. The number of hydrogen-bond acceptors (Lipinski definition) is 2. The minimum atomic E-state index is -4.38. The van der Waals surface area contributed by atoms with Crippen molar-refractivity contribution in [1.29, 1.82) is 0 Å². The Morgan fingerprint density at radius 2 is 1.70 bits per heavy atom. The highest BCUT2D eigenvalue weighted by Crippen LogP contribution is 2.32. The summed E-state index contributed by atoms with van der Waals surface area (Å²) >= 11 is 0. The molecule has 27 heavy (non-hydrogen) atoms. The van der Waals surface area contributed by atoms with Crippen molar-refractivity contribution in [3.63, 3.8) is 0 Å². The molecule has 0 aliphatic carbocycles. The summed E-state index contributed by atoms with van der Waals surface area (Å²) in [4.78, 5) is 12.2. The summed E-state index contributed by atoms with van der Waals surface area (Å²) in [6, 6.07) is 12.7. The summed E-state index contributed by atoms with van der Waals surface area (Å²) in [7, 11) is 1.58. The van der Waals surface area contributed by atoms with Crippen LogP contribution in [0.3, 0.4) is 0 Å². The number of para-hydroxylation sites is 1. The van der Waals surface area contributed by atoms with Gasteiger partial charge >= 0.3 is 6.18 Å². The first-order chi connectivity index (χ1) is 12.6. The van der Waals surface area contributed by atoms with E-state index in [0.29, 0.717) is 12.0 Å². The minimum absolute atomic E-state index is 0.152. The first-order valence-electron chi connectivity index (χ1n) is 8.70. The van der Waals surface area contributed by atoms with E-state index in [0.717, 1.165) is 23.4 Å². The third-order valence-electron chi connectivity index (χ3n) is 4.51. The zero-order valence-corrected chi connectivity index (χ0v) is 15.7. The fraction of sp³-hybridized carbons (Fsp3) is 0.381. The molecule has 0 atom stereocenters. The molecule has 0 fully saturated rings. The number of hydrogen-bond donors (Lipinski definition) is 1. The Morgan fingerprint density at radius 1 is 1.04 bits per heavy atom. The third-order valence-corrected chi connectivity index (χ3v) is 4.51. The highest BCUT2D eigenvalue weighted by molar-refractivity contribution is 5.76. The number of ether oxygens (including phenoxy) is 1. The van der Waals surface area contributed by atoms with Crippen LogP contribution in [0.5, 0.6) is 5.75 Å². The van der Waals surface area contributed by atoms with Crippen molar-refractivity contribution in [1.82, 2.24) is 5.32 Å². The largest absolute Gasteiger partial charge is 0.496 e. The number of rotatable bonds is 7. The van der Waals surface area contributed by atoms with Crippen molar-refractivity contribution in [3.05, 3.63) is 65.2 Å². The van der Waals surface area contributed by atoms with Crippen LogP contribution in [0.2, 0.25) is 0 Å². The molecule has 0 aromatic heterocycles. The van der Waals surface area contributed by atoms with E-state index in [4.69, 9.17) is 4.74 Å². The van der Waals surface area contributed by atoms with Gasteiger partial charge < -0.3 is 10.1 Å². The van der Waals surface area contributed by atoms with Gasteiger partial charge in [0.1, 0.15) is 5.75 Å². The van der Waals surface area contributed by atoms with Crippen LogP contribution in [0.1, 0.15) is 37.0 Å². The second kappa shape index (κ2) is 8.46. The average Bonchev–Trinajstić information content (AvgIpc) is 2.64. The summed E-state index contributed by atoms with van der Waals surface area (Å²) < 4.78 is 44.0. The molecular weight excluding hydrogens is 355 g/mol. The molecule has 6 heteroatoms. The molecule has 0 aliphatic rings. The van der Waals surface area contributed by atoms with E-state index >= 15 is 0 Å². The molecular formula is C21H24F3NO2.